The van der Waals surface area contributed by atoms with Crippen LogP contribution in [-0.4, -0.2) is 0 Å². The largest absolute Gasteiger partial charge is 0.489 e. The van der Waals surface area contributed by atoms with Gasteiger partial charge >= 0.3 is 0 Å². The summed E-state index contributed by atoms with van der Waals surface area (Å²) in [6.07, 6.45) is 1.33. The third kappa shape index (κ3) is 4.20. The van der Waals surface area contributed by atoms with Crippen molar-refractivity contribution in [2.75, 3.05) is 0 Å². The van der Waals surface area contributed by atoms with Crippen LogP contribution in [0.15, 0.2) is 80.6 Å². The molecule has 0 unspecified atom stereocenters. The van der Waals surface area contributed by atoms with Gasteiger partial charge in [-0.2, -0.15) is 0 Å². The van der Waals surface area contributed by atoms with Gasteiger partial charge in [0.05, 0.1) is 9.86 Å². The van der Waals surface area contributed by atoms with E-state index in [0.29, 0.717) is 29.1 Å². The molecule has 5 heteroatoms. The van der Waals surface area contributed by atoms with Gasteiger partial charge in [-0.3, -0.25) is 4.79 Å². The summed E-state index contributed by atoms with van der Waals surface area (Å²) in [5, 5.41) is 0.439. The van der Waals surface area contributed by atoms with Gasteiger partial charge in [-0.1, -0.05) is 35.9 Å². The van der Waals surface area contributed by atoms with Gasteiger partial charge in [-0.05, 0) is 65.2 Å². The highest BCUT2D eigenvalue weighted by Crippen LogP contribution is 2.29. The molecule has 3 aromatic carbocycles. The van der Waals surface area contributed by atoms with Gasteiger partial charge in [-0.15, -0.1) is 0 Å². The first-order chi connectivity index (χ1) is 14.0. The third-order valence-electron chi connectivity index (χ3n) is 4.67. The van der Waals surface area contributed by atoms with Gasteiger partial charge in [0.15, 0.2) is 0 Å². The number of aryl methyl sites for hydroxylation is 2. The number of rotatable bonds is 5. The Bertz CT molecular complexity index is 1240. The number of hydrogen-bond donors (Lipinski definition) is 0. The Hall–Kier alpha value is -3.05. The zero-order chi connectivity index (χ0) is 20.4. The van der Waals surface area contributed by atoms with Gasteiger partial charge in [0.1, 0.15) is 30.0 Å². The van der Waals surface area contributed by atoms with E-state index in [1.165, 1.54) is 17.4 Å². The molecule has 0 N–H and O–H groups in total. The van der Waals surface area contributed by atoms with Crippen LogP contribution in [0.5, 0.6) is 17.2 Å². The minimum absolute atomic E-state index is 0.133. The highest BCUT2D eigenvalue weighted by atomic mass is 79.9. The molecule has 146 valence electrons. The molecule has 0 atom stereocenters. The maximum Gasteiger partial charge on any atom is 0.235 e. The summed E-state index contributed by atoms with van der Waals surface area (Å²) in [7, 11) is 0. The highest BCUT2D eigenvalue weighted by Gasteiger charge is 2.12. The number of hydrogen-bond acceptors (Lipinski definition) is 4. The molecule has 0 aliphatic heterocycles. The molecule has 1 heterocycles. The highest BCUT2D eigenvalue weighted by molar-refractivity contribution is 9.10. The SMILES string of the molecule is Cc1ccc(C)c(COc2ccc3c(=O)c(Oc4ccccc4Br)coc3c2)c1. The number of benzene rings is 3. The van der Waals surface area contributed by atoms with Crippen molar-refractivity contribution >= 4 is 26.9 Å². The van der Waals surface area contributed by atoms with E-state index in [4.69, 9.17) is 13.9 Å². The second-order valence-corrected chi connectivity index (χ2v) is 7.69. The van der Waals surface area contributed by atoms with Crippen molar-refractivity contribution in [2.45, 2.75) is 20.5 Å². The van der Waals surface area contributed by atoms with Crippen LogP contribution < -0.4 is 14.9 Å². The normalized spacial score (nSPS) is 10.9. The fraction of sp³-hybridized carbons (Fsp3) is 0.125. The molecule has 29 heavy (non-hydrogen) atoms. The fourth-order valence-corrected chi connectivity index (χ4v) is 3.38. The summed E-state index contributed by atoms with van der Waals surface area (Å²) in [4.78, 5) is 12.8. The molecule has 0 bridgehead atoms. The molecule has 0 radical (unpaired) electrons. The first-order valence-corrected chi connectivity index (χ1v) is 9.97. The first kappa shape index (κ1) is 19.3. The van der Waals surface area contributed by atoms with Crippen LogP contribution in [0.4, 0.5) is 0 Å². The monoisotopic (exact) mass is 450 g/mol. The van der Waals surface area contributed by atoms with Crippen LogP contribution in [0.1, 0.15) is 16.7 Å². The van der Waals surface area contributed by atoms with E-state index in [-0.39, 0.29) is 11.2 Å². The summed E-state index contributed by atoms with van der Waals surface area (Å²) < 4.78 is 18.1. The maximum absolute atomic E-state index is 12.8. The van der Waals surface area contributed by atoms with E-state index in [1.54, 1.807) is 24.3 Å². The lowest BCUT2D eigenvalue weighted by Crippen LogP contribution is -2.05. The van der Waals surface area contributed by atoms with Crippen molar-refractivity contribution in [3.63, 3.8) is 0 Å². The molecule has 4 nitrogen and oxygen atoms in total. The van der Waals surface area contributed by atoms with Crippen LogP contribution in [0.3, 0.4) is 0 Å². The average molecular weight is 451 g/mol. The van der Waals surface area contributed by atoms with Crippen molar-refractivity contribution in [3.05, 3.63) is 98.3 Å². The first-order valence-electron chi connectivity index (χ1n) is 9.18. The minimum atomic E-state index is -0.233. The summed E-state index contributed by atoms with van der Waals surface area (Å²) in [5.41, 5.74) is 3.72. The molecule has 1 aromatic heterocycles. The number of ether oxygens (including phenoxy) is 2. The van der Waals surface area contributed by atoms with Gasteiger partial charge < -0.3 is 13.9 Å². The van der Waals surface area contributed by atoms with Gasteiger partial charge in [0.2, 0.25) is 11.2 Å². The molecule has 0 fully saturated rings. The number of halogens is 1. The van der Waals surface area contributed by atoms with Crippen molar-refractivity contribution in [1.29, 1.82) is 0 Å². The smallest absolute Gasteiger partial charge is 0.235 e. The predicted octanol–water partition coefficient (Wildman–Crippen LogP) is 6.54. The average Bonchev–Trinajstić information content (AvgIpc) is 2.72. The summed E-state index contributed by atoms with van der Waals surface area (Å²) >= 11 is 3.41. The van der Waals surface area contributed by atoms with Crippen LogP contribution in [0.25, 0.3) is 11.0 Å². The summed E-state index contributed by atoms with van der Waals surface area (Å²) in [6.45, 7) is 4.57. The quantitative estimate of drug-likeness (QED) is 0.346. The van der Waals surface area contributed by atoms with Gasteiger partial charge in [0, 0.05) is 6.07 Å². The Labute approximate surface area is 176 Å². The second kappa shape index (κ2) is 8.13. The maximum atomic E-state index is 12.8. The zero-order valence-electron chi connectivity index (χ0n) is 16.1. The molecule has 4 rings (SSSR count). The summed E-state index contributed by atoms with van der Waals surface area (Å²) in [6, 6.07) is 18.8. The lowest BCUT2D eigenvalue weighted by Gasteiger charge is -2.11. The Morgan fingerprint density at radius 1 is 0.966 bits per heavy atom. The zero-order valence-corrected chi connectivity index (χ0v) is 17.7. The van der Waals surface area contributed by atoms with E-state index < -0.39 is 0 Å². The van der Waals surface area contributed by atoms with Crippen molar-refractivity contribution in [3.8, 4) is 17.2 Å². The lowest BCUT2D eigenvalue weighted by molar-refractivity contribution is 0.305. The van der Waals surface area contributed by atoms with Crippen molar-refractivity contribution < 1.29 is 13.9 Å². The number of fused-ring (bicyclic) bond motifs is 1. The standard InChI is InChI=1S/C24H19BrO4/c1-15-7-8-16(2)17(11-15)13-27-18-9-10-19-22(12-18)28-14-23(24(19)26)29-21-6-4-3-5-20(21)25/h3-12,14H,13H2,1-2H3. The third-order valence-corrected chi connectivity index (χ3v) is 5.33. The molecule has 4 aromatic rings. The van der Waals surface area contributed by atoms with E-state index >= 15 is 0 Å². The molecule has 0 aliphatic carbocycles. The van der Waals surface area contributed by atoms with Crippen LogP contribution in [0, 0.1) is 13.8 Å². The Kier molecular flexibility index (Phi) is 5.41. The van der Waals surface area contributed by atoms with E-state index in [1.807, 2.05) is 18.2 Å². The van der Waals surface area contributed by atoms with Crippen molar-refractivity contribution in [2.24, 2.45) is 0 Å². The Morgan fingerprint density at radius 3 is 2.62 bits per heavy atom. The van der Waals surface area contributed by atoms with Crippen LogP contribution >= 0.6 is 15.9 Å². The molecular formula is C24H19BrO4. The molecule has 0 amide bonds. The van der Waals surface area contributed by atoms with E-state index in [2.05, 4.69) is 48.0 Å². The molecule has 0 aliphatic rings. The fourth-order valence-electron chi connectivity index (χ4n) is 3.01. The summed E-state index contributed by atoms with van der Waals surface area (Å²) in [5.74, 6) is 1.32. The Balaban J connectivity index is 1.58. The van der Waals surface area contributed by atoms with E-state index in [0.717, 1.165) is 10.0 Å². The van der Waals surface area contributed by atoms with Crippen LogP contribution in [-0.2, 0) is 6.61 Å². The van der Waals surface area contributed by atoms with Gasteiger partial charge in [0.25, 0.3) is 0 Å². The predicted molar refractivity (Wildman–Crippen MR) is 117 cm³/mol. The molecule has 0 saturated carbocycles. The van der Waals surface area contributed by atoms with E-state index in [9.17, 15) is 4.79 Å². The van der Waals surface area contributed by atoms with Crippen LogP contribution in [0.2, 0.25) is 0 Å². The molecule has 0 spiro atoms. The number of para-hydroxylation sites is 1. The topological polar surface area (TPSA) is 48.7 Å². The minimum Gasteiger partial charge on any atom is -0.489 e. The van der Waals surface area contributed by atoms with Gasteiger partial charge in [-0.25, -0.2) is 0 Å². The second-order valence-electron chi connectivity index (χ2n) is 6.84. The lowest BCUT2D eigenvalue weighted by atomic mass is 10.1. The molecular weight excluding hydrogens is 432 g/mol. The Morgan fingerprint density at radius 2 is 1.79 bits per heavy atom. The van der Waals surface area contributed by atoms with Crippen molar-refractivity contribution in [1.82, 2.24) is 0 Å². The molecule has 0 saturated heterocycles.